The fraction of sp³-hybridized carbons (Fsp3) is 0.125. The SMILES string of the molecule is COC(=O)c1ccc(N=C(N)N)nc1. The van der Waals surface area contributed by atoms with Crippen LogP contribution < -0.4 is 11.5 Å². The third-order valence-corrected chi connectivity index (χ3v) is 1.41. The summed E-state index contributed by atoms with van der Waals surface area (Å²) in [5, 5.41) is 0. The van der Waals surface area contributed by atoms with Gasteiger partial charge in [0.25, 0.3) is 0 Å². The number of nitrogens with two attached hydrogens (primary N) is 2. The minimum absolute atomic E-state index is 0.0803. The molecule has 0 saturated carbocycles. The van der Waals surface area contributed by atoms with Crippen molar-refractivity contribution in [1.29, 1.82) is 0 Å². The van der Waals surface area contributed by atoms with Gasteiger partial charge in [0, 0.05) is 6.20 Å². The zero-order valence-electron chi connectivity index (χ0n) is 7.60. The molecular weight excluding hydrogens is 184 g/mol. The molecule has 0 fully saturated rings. The Balaban J connectivity index is 2.89. The zero-order chi connectivity index (χ0) is 10.6. The number of aromatic nitrogens is 1. The summed E-state index contributed by atoms with van der Waals surface area (Å²) in [6.07, 6.45) is 1.34. The number of ether oxygens (including phenoxy) is 1. The lowest BCUT2D eigenvalue weighted by Gasteiger charge is -1.98. The topological polar surface area (TPSA) is 104 Å². The van der Waals surface area contributed by atoms with E-state index in [0.717, 1.165) is 0 Å². The van der Waals surface area contributed by atoms with Gasteiger partial charge in [-0.2, -0.15) is 4.99 Å². The Bertz CT molecular complexity index is 354. The molecule has 6 nitrogen and oxygen atoms in total. The van der Waals surface area contributed by atoms with E-state index in [-0.39, 0.29) is 5.96 Å². The molecular formula is C8H10N4O2. The third kappa shape index (κ3) is 2.44. The Kier molecular flexibility index (Phi) is 3.01. The first-order valence-corrected chi connectivity index (χ1v) is 3.77. The molecule has 1 rings (SSSR count). The maximum atomic E-state index is 11.0. The molecule has 1 aromatic rings. The summed E-state index contributed by atoms with van der Waals surface area (Å²) in [6.45, 7) is 0. The van der Waals surface area contributed by atoms with Gasteiger partial charge < -0.3 is 16.2 Å². The van der Waals surface area contributed by atoms with Crippen LogP contribution in [0.5, 0.6) is 0 Å². The van der Waals surface area contributed by atoms with Gasteiger partial charge in [-0.15, -0.1) is 0 Å². The van der Waals surface area contributed by atoms with Crippen LogP contribution in [-0.4, -0.2) is 24.0 Å². The second kappa shape index (κ2) is 4.22. The molecule has 0 aliphatic rings. The summed E-state index contributed by atoms with van der Waals surface area (Å²) in [5.41, 5.74) is 10.6. The van der Waals surface area contributed by atoms with Gasteiger partial charge in [-0.3, -0.25) is 0 Å². The van der Waals surface area contributed by atoms with Crippen LogP contribution in [0.2, 0.25) is 0 Å². The van der Waals surface area contributed by atoms with Crippen molar-refractivity contribution in [2.45, 2.75) is 0 Å². The molecule has 0 aromatic carbocycles. The number of hydrogen-bond donors (Lipinski definition) is 2. The van der Waals surface area contributed by atoms with E-state index in [1.807, 2.05) is 0 Å². The van der Waals surface area contributed by atoms with Gasteiger partial charge in [0.05, 0.1) is 12.7 Å². The van der Waals surface area contributed by atoms with Gasteiger partial charge in [-0.05, 0) is 12.1 Å². The molecule has 74 valence electrons. The van der Waals surface area contributed by atoms with E-state index < -0.39 is 5.97 Å². The maximum absolute atomic E-state index is 11.0. The van der Waals surface area contributed by atoms with E-state index in [9.17, 15) is 4.79 Å². The number of guanidine groups is 1. The predicted molar refractivity (Wildman–Crippen MR) is 51.0 cm³/mol. The van der Waals surface area contributed by atoms with Crippen LogP contribution >= 0.6 is 0 Å². The van der Waals surface area contributed by atoms with Crippen molar-refractivity contribution in [2.24, 2.45) is 16.5 Å². The number of methoxy groups -OCH3 is 1. The Labute approximate surface area is 80.6 Å². The lowest BCUT2D eigenvalue weighted by molar-refractivity contribution is 0.0600. The van der Waals surface area contributed by atoms with E-state index in [1.54, 1.807) is 0 Å². The smallest absolute Gasteiger partial charge is 0.339 e. The second-order valence-electron chi connectivity index (χ2n) is 2.43. The van der Waals surface area contributed by atoms with E-state index in [1.165, 1.54) is 25.4 Å². The average Bonchev–Trinajstić information content (AvgIpc) is 2.17. The second-order valence-corrected chi connectivity index (χ2v) is 2.43. The van der Waals surface area contributed by atoms with Crippen molar-refractivity contribution in [2.75, 3.05) is 7.11 Å². The van der Waals surface area contributed by atoms with Crippen LogP contribution in [0.3, 0.4) is 0 Å². The number of aliphatic imine (C=N–C) groups is 1. The predicted octanol–water partition coefficient (Wildman–Crippen LogP) is -0.227. The summed E-state index contributed by atoms with van der Waals surface area (Å²) < 4.78 is 4.49. The van der Waals surface area contributed by atoms with E-state index >= 15 is 0 Å². The summed E-state index contributed by atoms with van der Waals surface area (Å²) in [5.74, 6) is -0.185. The highest BCUT2D eigenvalue weighted by atomic mass is 16.5. The largest absolute Gasteiger partial charge is 0.465 e. The molecule has 0 amide bonds. The highest BCUT2D eigenvalue weighted by Crippen LogP contribution is 2.08. The first-order valence-electron chi connectivity index (χ1n) is 3.77. The van der Waals surface area contributed by atoms with Crippen molar-refractivity contribution in [3.05, 3.63) is 23.9 Å². The minimum Gasteiger partial charge on any atom is -0.465 e. The van der Waals surface area contributed by atoms with Gasteiger partial charge in [-0.25, -0.2) is 9.78 Å². The van der Waals surface area contributed by atoms with Crippen molar-refractivity contribution < 1.29 is 9.53 Å². The minimum atomic E-state index is -0.450. The standard InChI is InChI=1S/C8H10N4O2/c1-14-7(13)5-2-3-6(11-4-5)12-8(9)10/h2-4H,1H3,(H4,9,10,11,12). The molecule has 0 radical (unpaired) electrons. The van der Waals surface area contributed by atoms with Gasteiger partial charge in [0.2, 0.25) is 0 Å². The number of nitrogens with zero attached hydrogens (tertiary/aromatic N) is 2. The highest BCUT2D eigenvalue weighted by Gasteiger charge is 2.04. The van der Waals surface area contributed by atoms with Crippen LogP contribution in [0.1, 0.15) is 10.4 Å². The molecule has 0 atom stereocenters. The number of carbonyl (C=O) groups excluding carboxylic acids is 1. The monoisotopic (exact) mass is 194 g/mol. The van der Waals surface area contributed by atoms with Crippen LogP contribution in [0, 0.1) is 0 Å². The van der Waals surface area contributed by atoms with E-state index in [2.05, 4.69) is 14.7 Å². The molecule has 0 aliphatic heterocycles. The van der Waals surface area contributed by atoms with Crippen molar-refractivity contribution >= 4 is 17.7 Å². The number of rotatable bonds is 2. The zero-order valence-corrected chi connectivity index (χ0v) is 7.60. The van der Waals surface area contributed by atoms with Gasteiger partial charge in [-0.1, -0.05) is 0 Å². The summed E-state index contributed by atoms with van der Waals surface area (Å²) in [4.78, 5) is 18.5. The van der Waals surface area contributed by atoms with E-state index in [4.69, 9.17) is 11.5 Å². The van der Waals surface area contributed by atoms with Crippen molar-refractivity contribution in [1.82, 2.24) is 4.98 Å². The Hall–Kier alpha value is -2.11. The van der Waals surface area contributed by atoms with Gasteiger partial charge in [0.1, 0.15) is 0 Å². The normalized spacial score (nSPS) is 9.21. The summed E-state index contributed by atoms with van der Waals surface area (Å²) >= 11 is 0. The summed E-state index contributed by atoms with van der Waals surface area (Å²) in [7, 11) is 1.30. The van der Waals surface area contributed by atoms with E-state index in [0.29, 0.717) is 11.4 Å². The summed E-state index contributed by atoms with van der Waals surface area (Å²) in [6, 6.07) is 3.05. The highest BCUT2D eigenvalue weighted by molar-refractivity contribution is 5.89. The van der Waals surface area contributed by atoms with Crippen molar-refractivity contribution in [3.8, 4) is 0 Å². The fourth-order valence-electron chi connectivity index (χ4n) is 0.823. The quantitative estimate of drug-likeness (QED) is 0.384. The lowest BCUT2D eigenvalue weighted by Crippen LogP contribution is -2.22. The number of carbonyl (C=O) groups is 1. The molecule has 1 heterocycles. The molecule has 6 heteroatoms. The van der Waals surface area contributed by atoms with Crippen LogP contribution in [0.25, 0.3) is 0 Å². The molecule has 0 bridgehead atoms. The van der Waals surface area contributed by atoms with Crippen molar-refractivity contribution in [3.63, 3.8) is 0 Å². The Morgan fingerprint density at radius 1 is 1.50 bits per heavy atom. The Morgan fingerprint density at radius 2 is 2.21 bits per heavy atom. The molecule has 0 unspecified atom stereocenters. The van der Waals surface area contributed by atoms with Crippen LogP contribution in [0.15, 0.2) is 23.3 Å². The number of pyridine rings is 1. The van der Waals surface area contributed by atoms with Gasteiger partial charge in [0.15, 0.2) is 11.8 Å². The van der Waals surface area contributed by atoms with Crippen LogP contribution in [0.4, 0.5) is 5.82 Å². The maximum Gasteiger partial charge on any atom is 0.339 e. The first kappa shape index (κ1) is 9.97. The lowest BCUT2D eigenvalue weighted by atomic mass is 10.3. The first-order chi connectivity index (χ1) is 6.63. The molecule has 14 heavy (non-hydrogen) atoms. The van der Waals surface area contributed by atoms with Crippen LogP contribution in [-0.2, 0) is 4.74 Å². The average molecular weight is 194 g/mol. The van der Waals surface area contributed by atoms with Gasteiger partial charge >= 0.3 is 5.97 Å². The molecule has 1 aromatic heterocycles. The third-order valence-electron chi connectivity index (χ3n) is 1.41. The molecule has 0 saturated heterocycles. The Morgan fingerprint density at radius 3 is 2.64 bits per heavy atom. The molecule has 4 N–H and O–H groups in total. The molecule has 0 spiro atoms. The number of hydrogen-bond acceptors (Lipinski definition) is 4. The molecule has 0 aliphatic carbocycles. The fourth-order valence-corrected chi connectivity index (χ4v) is 0.823. The number of esters is 1.